The van der Waals surface area contributed by atoms with Crippen LogP contribution in [0.5, 0.6) is 0 Å². The van der Waals surface area contributed by atoms with Crippen molar-refractivity contribution >= 4 is 30.4 Å². The van der Waals surface area contributed by atoms with E-state index in [1.54, 1.807) is 0 Å². The maximum absolute atomic E-state index is 12.2. The first-order chi connectivity index (χ1) is 10.6. The fourth-order valence-corrected chi connectivity index (χ4v) is 2.20. The molecular weight excluding hydrogens is 318 g/mol. The van der Waals surface area contributed by atoms with Crippen molar-refractivity contribution in [2.75, 3.05) is 5.75 Å². The summed E-state index contributed by atoms with van der Waals surface area (Å²) in [7, 11) is 0. The zero-order chi connectivity index (χ0) is 18.2. The van der Waals surface area contributed by atoms with Crippen LogP contribution in [0.3, 0.4) is 0 Å². The minimum Gasteiger partial charge on any atom is -0.480 e. The zero-order valence-electron chi connectivity index (χ0n) is 14.2. The fourth-order valence-electron chi connectivity index (χ4n) is 1.94. The van der Waals surface area contributed by atoms with Gasteiger partial charge in [0.15, 0.2) is 0 Å². The van der Waals surface area contributed by atoms with E-state index >= 15 is 0 Å². The molecule has 0 spiro atoms. The molecule has 0 heterocycles. The minimum atomic E-state index is -1.10. The molecule has 0 rings (SSSR count). The summed E-state index contributed by atoms with van der Waals surface area (Å²) in [6.45, 7) is 7.50. The average Bonchev–Trinajstić information content (AvgIpc) is 2.49. The Morgan fingerprint density at radius 1 is 1.09 bits per heavy atom. The van der Waals surface area contributed by atoms with E-state index in [4.69, 9.17) is 10.8 Å². The lowest BCUT2D eigenvalue weighted by atomic mass is 9.99. The lowest BCUT2D eigenvalue weighted by Gasteiger charge is -2.24. The van der Waals surface area contributed by atoms with Crippen molar-refractivity contribution in [3.63, 3.8) is 0 Å². The smallest absolute Gasteiger partial charge is 0.326 e. The highest BCUT2D eigenvalue weighted by atomic mass is 32.1. The molecule has 2 amide bonds. The number of nitrogens with one attached hydrogen (secondary N) is 2. The molecule has 0 aliphatic carbocycles. The van der Waals surface area contributed by atoms with Crippen molar-refractivity contribution in [3.8, 4) is 0 Å². The summed E-state index contributed by atoms with van der Waals surface area (Å²) < 4.78 is 0. The molecule has 0 saturated heterocycles. The maximum Gasteiger partial charge on any atom is 0.326 e. The van der Waals surface area contributed by atoms with Crippen molar-refractivity contribution in [2.24, 2.45) is 17.6 Å². The molecule has 8 heteroatoms. The van der Waals surface area contributed by atoms with E-state index in [9.17, 15) is 14.4 Å². The van der Waals surface area contributed by atoms with Gasteiger partial charge in [-0.05, 0) is 18.3 Å². The van der Waals surface area contributed by atoms with E-state index in [0.717, 1.165) is 6.42 Å². The van der Waals surface area contributed by atoms with Crippen LogP contribution >= 0.6 is 12.6 Å². The molecule has 0 aliphatic rings. The topological polar surface area (TPSA) is 122 Å². The highest BCUT2D eigenvalue weighted by Gasteiger charge is 2.28. The summed E-state index contributed by atoms with van der Waals surface area (Å²) in [5.41, 5.74) is 5.83. The van der Waals surface area contributed by atoms with Crippen LogP contribution in [0, 0.1) is 11.8 Å². The molecule has 0 unspecified atom stereocenters. The Kier molecular flexibility index (Phi) is 9.90. The van der Waals surface area contributed by atoms with Gasteiger partial charge in [0.05, 0.1) is 6.04 Å². The SMILES string of the molecule is CC[C@H](C)[C@H](N)C(=O)N[C@@H](CS)C(=O)N[C@@H](CC(C)C)C(=O)O. The van der Waals surface area contributed by atoms with E-state index in [-0.39, 0.29) is 17.6 Å². The molecule has 0 aromatic heterocycles. The molecule has 4 atom stereocenters. The van der Waals surface area contributed by atoms with Gasteiger partial charge in [0.1, 0.15) is 12.1 Å². The van der Waals surface area contributed by atoms with Crippen molar-refractivity contribution < 1.29 is 19.5 Å². The predicted octanol–water partition coefficient (Wildman–Crippen LogP) is 0.390. The average molecular weight is 347 g/mol. The van der Waals surface area contributed by atoms with Crippen LogP contribution in [-0.4, -0.2) is 46.8 Å². The summed E-state index contributed by atoms with van der Waals surface area (Å²) >= 11 is 4.05. The number of carboxylic acid groups (broad SMARTS) is 1. The molecule has 7 nitrogen and oxygen atoms in total. The Morgan fingerprint density at radius 2 is 1.61 bits per heavy atom. The van der Waals surface area contributed by atoms with Gasteiger partial charge in [-0.25, -0.2) is 4.79 Å². The first-order valence-electron chi connectivity index (χ1n) is 7.83. The summed E-state index contributed by atoms with van der Waals surface area (Å²) in [4.78, 5) is 35.4. The predicted molar refractivity (Wildman–Crippen MR) is 92.2 cm³/mol. The maximum atomic E-state index is 12.2. The number of carbonyl (C=O) groups excluding carboxylic acids is 2. The van der Waals surface area contributed by atoms with E-state index in [2.05, 4.69) is 23.3 Å². The normalized spacial score (nSPS) is 16.3. The quantitative estimate of drug-likeness (QED) is 0.366. The molecule has 0 bridgehead atoms. The van der Waals surface area contributed by atoms with Crippen LogP contribution in [0.25, 0.3) is 0 Å². The van der Waals surface area contributed by atoms with E-state index in [1.165, 1.54) is 0 Å². The van der Waals surface area contributed by atoms with E-state index < -0.39 is 35.9 Å². The molecule has 0 radical (unpaired) electrons. The van der Waals surface area contributed by atoms with Crippen LogP contribution in [0.15, 0.2) is 0 Å². The molecule has 0 aromatic carbocycles. The van der Waals surface area contributed by atoms with Crippen LogP contribution in [0.1, 0.15) is 40.5 Å². The number of thiol groups is 1. The number of hydrogen-bond acceptors (Lipinski definition) is 5. The van der Waals surface area contributed by atoms with Crippen LogP contribution in [0.2, 0.25) is 0 Å². The fraction of sp³-hybridized carbons (Fsp3) is 0.800. The van der Waals surface area contributed by atoms with Crippen LogP contribution in [-0.2, 0) is 14.4 Å². The van der Waals surface area contributed by atoms with Crippen LogP contribution in [0.4, 0.5) is 0 Å². The monoisotopic (exact) mass is 347 g/mol. The van der Waals surface area contributed by atoms with Crippen molar-refractivity contribution in [1.82, 2.24) is 10.6 Å². The lowest BCUT2D eigenvalue weighted by molar-refractivity contribution is -0.142. The number of amides is 2. The summed E-state index contributed by atoms with van der Waals surface area (Å²) in [6.07, 6.45) is 1.04. The molecule has 5 N–H and O–H groups in total. The largest absolute Gasteiger partial charge is 0.480 e. The summed E-state index contributed by atoms with van der Waals surface area (Å²) in [6, 6.07) is -2.64. The summed E-state index contributed by atoms with van der Waals surface area (Å²) in [5.74, 6) is -1.97. The number of carbonyl (C=O) groups is 3. The Hall–Kier alpha value is -1.28. The lowest BCUT2D eigenvalue weighted by Crippen LogP contribution is -2.56. The van der Waals surface area contributed by atoms with Gasteiger partial charge >= 0.3 is 5.97 Å². The Balaban J connectivity index is 4.79. The van der Waals surface area contributed by atoms with E-state index in [0.29, 0.717) is 6.42 Å². The third-order valence-corrected chi connectivity index (χ3v) is 4.06. The molecule has 0 fully saturated rings. The van der Waals surface area contributed by atoms with Gasteiger partial charge in [-0.3, -0.25) is 9.59 Å². The second kappa shape index (κ2) is 10.5. The highest BCUT2D eigenvalue weighted by Crippen LogP contribution is 2.07. The van der Waals surface area contributed by atoms with Gasteiger partial charge in [0, 0.05) is 5.75 Å². The van der Waals surface area contributed by atoms with Gasteiger partial charge in [0.25, 0.3) is 0 Å². The minimum absolute atomic E-state index is 0.0219. The first kappa shape index (κ1) is 21.7. The van der Waals surface area contributed by atoms with Gasteiger partial charge in [-0.15, -0.1) is 0 Å². The van der Waals surface area contributed by atoms with Crippen LogP contribution < -0.4 is 16.4 Å². The van der Waals surface area contributed by atoms with Gasteiger partial charge in [-0.2, -0.15) is 12.6 Å². The summed E-state index contributed by atoms with van der Waals surface area (Å²) in [5, 5.41) is 14.1. The zero-order valence-corrected chi connectivity index (χ0v) is 15.1. The number of nitrogens with two attached hydrogens (primary N) is 1. The standard InChI is InChI=1S/C15H29N3O4S/c1-5-9(4)12(16)14(20)18-11(7-23)13(19)17-10(15(21)22)6-8(2)3/h8-12,23H,5-7,16H2,1-4H3,(H,17,19)(H,18,20)(H,21,22)/t9-,10-,11-,12-/m0/s1. The Labute approximate surface area is 143 Å². The van der Waals surface area contributed by atoms with Gasteiger partial charge in [-0.1, -0.05) is 34.1 Å². The Morgan fingerprint density at radius 3 is 2.00 bits per heavy atom. The van der Waals surface area contributed by atoms with Crippen molar-refractivity contribution in [1.29, 1.82) is 0 Å². The molecule has 134 valence electrons. The number of hydrogen-bond donors (Lipinski definition) is 5. The molecule has 0 saturated carbocycles. The third-order valence-electron chi connectivity index (χ3n) is 3.70. The Bertz CT molecular complexity index is 418. The number of rotatable bonds is 10. The van der Waals surface area contributed by atoms with Gasteiger partial charge in [0.2, 0.25) is 11.8 Å². The van der Waals surface area contributed by atoms with Crippen molar-refractivity contribution in [2.45, 2.75) is 58.7 Å². The third kappa shape index (κ3) is 7.69. The highest BCUT2D eigenvalue weighted by molar-refractivity contribution is 7.80. The number of aliphatic carboxylic acids is 1. The van der Waals surface area contributed by atoms with Crippen molar-refractivity contribution in [3.05, 3.63) is 0 Å². The second-order valence-corrected chi connectivity index (χ2v) is 6.55. The first-order valence-corrected chi connectivity index (χ1v) is 8.47. The number of carboxylic acids is 1. The second-order valence-electron chi connectivity index (χ2n) is 6.18. The molecule has 0 aromatic rings. The molecule has 0 aliphatic heterocycles. The van der Waals surface area contributed by atoms with Gasteiger partial charge < -0.3 is 21.5 Å². The molecule has 23 heavy (non-hydrogen) atoms. The van der Waals surface area contributed by atoms with E-state index in [1.807, 2.05) is 27.7 Å². The molecular formula is C15H29N3O4S.